The number of aliphatic imine (C=N–C) groups is 1. The number of aryl methyl sites for hydroxylation is 1. The second-order valence-electron chi connectivity index (χ2n) is 2.42. The molecule has 0 amide bonds. The van der Waals surface area contributed by atoms with Crippen LogP contribution in [0.15, 0.2) is 11.1 Å². The van der Waals surface area contributed by atoms with Crippen LogP contribution in [0.4, 0.5) is 10.1 Å². The number of anilines is 1. The number of pyridine rings is 1. The summed E-state index contributed by atoms with van der Waals surface area (Å²) < 4.78 is 12.8. The molecule has 12 heavy (non-hydrogen) atoms. The van der Waals surface area contributed by atoms with Crippen molar-refractivity contribution in [3.05, 3.63) is 23.3 Å². The van der Waals surface area contributed by atoms with Gasteiger partial charge in [-0.15, -0.1) is 0 Å². The molecule has 0 atom stereocenters. The monoisotopic (exact) mass is 167 g/mol. The molecule has 1 aromatic rings. The lowest BCUT2D eigenvalue weighted by Gasteiger charge is -2.01. The Morgan fingerprint density at radius 1 is 1.67 bits per heavy atom. The van der Waals surface area contributed by atoms with Gasteiger partial charge in [0, 0.05) is 19.3 Å². The number of nitrogens with two attached hydrogens (primary N) is 1. The maximum Gasteiger partial charge on any atom is 0.146 e. The quantitative estimate of drug-likeness (QED) is 0.638. The molecule has 1 heterocycles. The van der Waals surface area contributed by atoms with Gasteiger partial charge in [0.15, 0.2) is 0 Å². The summed E-state index contributed by atoms with van der Waals surface area (Å²) in [5, 5.41) is 0. The van der Waals surface area contributed by atoms with Crippen LogP contribution in [0, 0.1) is 12.7 Å². The van der Waals surface area contributed by atoms with Gasteiger partial charge in [-0.25, -0.2) is 9.37 Å². The van der Waals surface area contributed by atoms with Crippen LogP contribution in [-0.2, 0) is 0 Å². The highest BCUT2D eigenvalue weighted by molar-refractivity contribution is 5.84. The van der Waals surface area contributed by atoms with Gasteiger partial charge < -0.3 is 5.73 Å². The van der Waals surface area contributed by atoms with E-state index in [2.05, 4.69) is 9.98 Å². The van der Waals surface area contributed by atoms with Crippen LogP contribution in [0.5, 0.6) is 0 Å². The summed E-state index contributed by atoms with van der Waals surface area (Å²) >= 11 is 0. The van der Waals surface area contributed by atoms with Crippen LogP contribution in [0.1, 0.15) is 11.4 Å². The predicted octanol–water partition coefficient (Wildman–Crippen LogP) is 1.16. The average molecular weight is 167 g/mol. The summed E-state index contributed by atoms with van der Waals surface area (Å²) in [5.74, 6) is -0.388. The number of rotatable bonds is 1. The molecule has 0 aliphatic rings. The van der Waals surface area contributed by atoms with Crippen molar-refractivity contribution in [3.63, 3.8) is 0 Å². The molecule has 0 saturated heterocycles. The van der Waals surface area contributed by atoms with Gasteiger partial charge in [-0.1, -0.05) is 0 Å². The number of aromatic nitrogens is 1. The Morgan fingerprint density at radius 3 is 2.92 bits per heavy atom. The van der Waals surface area contributed by atoms with Crippen LogP contribution in [0.2, 0.25) is 0 Å². The Bertz CT molecular complexity index is 320. The molecule has 0 saturated carbocycles. The normalized spacial score (nSPS) is 10.9. The zero-order valence-electron chi connectivity index (χ0n) is 7.00. The molecule has 0 unspecified atom stereocenters. The molecule has 0 fully saturated rings. The molecule has 1 rings (SSSR count). The molecule has 1 aromatic heterocycles. The zero-order valence-corrected chi connectivity index (χ0v) is 7.00. The SMILES string of the molecule is CN=Cc1nc(C)c(F)cc1N. The summed E-state index contributed by atoms with van der Waals surface area (Å²) in [7, 11) is 1.61. The Hall–Kier alpha value is -1.45. The summed E-state index contributed by atoms with van der Waals surface area (Å²) in [4.78, 5) is 7.66. The van der Waals surface area contributed by atoms with E-state index in [0.717, 1.165) is 0 Å². The first-order chi connectivity index (χ1) is 5.65. The van der Waals surface area contributed by atoms with Crippen LogP contribution >= 0.6 is 0 Å². The first-order valence-corrected chi connectivity index (χ1v) is 3.50. The van der Waals surface area contributed by atoms with Crippen molar-refractivity contribution in [1.82, 2.24) is 4.98 Å². The lowest BCUT2D eigenvalue weighted by molar-refractivity contribution is 0.610. The first kappa shape index (κ1) is 8.64. The van der Waals surface area contributed by atoms with Crippen molar-refractivity contribution in [1.29, 1.82) is 0 Å². The fraction of sp³-hybridized carbons (Fsp3) is 0.250. The fourth-order valence-corrected chi connectivity index (χ4v) is 0.839. The highest BCUT2D eigenvalue weighted by Crippen LogP contribution is 2.11. The lowest BCUT2D eigenvalue weighted by atomic mass is 10.2. The highest BCUT2D eigenvalue weighted by Gasteiger charge is 2.03. The van der Waals surface area contributed by atoms with Gasteiger partial charge in [-0.05, 0) is 6.92 Å². The molecule has 64 valence electrons. The third-order valence-corrected chi connectivity index (χ3v) is 1.46. The minimum atomic E-state index is -0.388. The molecule has 0 aliphatic heterocycles. The molecule has 0 aliphatic carbocycles. The highest BCUT2D eigenvalue weighted by atomic mass is 19.1. The van der Waals surface area contributed by atoms with E-state index < -0.39 is 0 Å². The number of halogens is 1. The van der Waals surface area contributed by atoms with Gasteiger partial charge in [-0.2, -0.15) is 0 Å². The predicted molar refractivity (Wildman–Crippen MR) is 46.9 cm³/mol. The topological polar surface area (TPSA) is 51.3 Å². The van der Waals surface area contributed by atoms with E-state index in [1.165, 1.54) is 12.3 Å². The summed E-state index contributed by atoms with van der Waals surface area (Å²) in [6.45, 7) is 1.59. The summed E-state index contributed by atoms with van der Waals surface area (Å²) in [5.41, 5.74) is 6.63. The molecule has 4 heteroatoms. The Kier molecular flexibility index (Phi) is 2.38. The van der Waals surface area contributed by atoms with Crippen molar-refractivity contribution in [3.8, 4) is 0 Å². The molecule has 0 aromatic carbocycles. The molecular weight excluding hydrogens is 157 g/mol. The van der Waals surface area contributed by atoms with Gasteiger partial charge in [0.25, 0.3) is 0 Å². The molecular formula is C8H10FN3. The molecule has 2 N–H and O–H groups in total. The lowest BCUT2D eigenvalue weighted by Crippen LogP contribution is -2.01. The van der Waals surface area contributed by atoms with E-state index in [1.54, 1.807) is 14.0 Å². The fourth-order valence-electron chi connectivity index (χ4n) is 0.839. The standard InChI is InChI=1S/C8H10FN3/c1-5-6(9)3-7(10)8(12-5)4-11-2/h3-4H,10H2,1-2H3. The van der Waals surface area contributed by atoms with E-state index in [1.807, 2.05) is 0 Å². The maximum atomic E-state index is 12.8. The van der Waals surface area contributed by atoms with Gasteiger partial charge in [-0.3, -0.25) is 4.99 Å². The van der Waals surface area contributed by atoms with Crippen molar-refractivity contribution >= 4 is 11.9 Å². The van der Waals surface area contributed by atoms with Gasteiger partial charge >= 0.3 is 0 Å². The van der Waals surface area contributed by atoms with Crippen molar-refractivity contribution in [2.45, 2.75) is 6.92 Å². The van der Waals surface area contributed by atoms with Crippen molar-refractivity contribution in [2.24, 2.45) is 4.99 Å². The van der Waals surface area contributed by atoms with Crippen LogP contribution < -0.4 is 5.73 Å². The Labute approximate surface area is 70.1 Å². The molecule has 3 nitrogen and oxygen atoms in total. The first-order valence-electron chi connectivity index (χ1n) is 3.50. The second-order valence-corrected chi connectivity index (χ2v) is 2.42. The second kappa shape index (κ2) is 3.30. The van der Waals surface area contributed by atoms with Gasteiger partial charge in [0.05, 0.1) is 11.4 Å². The molecule has 0 spiro atoms. The summed E-state index contributed by atoms with van der Waals surface area (Å²) in [6.07, 6.45) is 1.50. The average Bonchev–Trinajstić information content (AvgIpc) is 2.01. The summed E-state index contributed by atoms with van der Waals surface area (Å²) in [6, 6.07) is 1.25. The third kappa shape index (κ3) is 1.58. The minimum Gasteiger partial charge on any atom is -0.397 e. The van der Waals surface area contributed by atoms with E-state index >= 15 is 0 Å². The zero-order chi connectivity index (χ0) is 9.14. The Morgan fingerprint density at radius 2 is 2.33 bits per heavy atom. The largest absolute Gasteiger partial charge is 0.397 e. The Balaban J connectivity index is 3.23. The number of nitrogens with zero attached hydrogens (tertiary/aromatic N) is 2. The van der Waals surface area contributed by atoms with E-state index in [9.17, 15) is 4.39 Å². The molecule has 0 bridgehead atoms. The van der Waals surface area contributed by atoms with Crippen LogP contribution in [0.25, 0.3) is 0 Å². The van der Waals surface area contributed by atoms with E-state index in [-0.39, 0.29) is 5.82 Å². The molecule has 0 radical (unpaired) electrons. The van der Waals surface area contributed by atoms with Crippen molar-refractivity contribution in [2.75, 3.05) is 12.8 Å². The number of nitrogen functional groups attached to an aromatic ring is 1. The van der Waals surface area contributed by atoms with Crippen LogP contribution in [0.3, 0.4) is 0 Å². The third-order valence-electron chi connectivity index (χ3n) is 1.46. The number of hydrogen-bond donors (Lipinski definition) is 1. The maximum absolute atomic E-state index is 12.8. The van der Waals surface area contributed by atoms with Gasteiger partial charge in [0.1, 0.15) is 11.5 Å². The van der Waals surface area contributed by atoms with Crippen LogP contribution in [-0.4, -0.2) is 18.2 Å². The smallest absolute Gasteiger partial charge is 0.146 e. The van der Waals surface area contributed by atoms with Gasteiger partial charge in [0.2, 0.25) is 0 Å². The van der Waals surface area contributed by atoms with E-state index in [4.69, 9.17) is 5.73 Å². The van der Waals surface area contributed by atoms with Crippen molar-refractivity contribution < 1.29 is 4.39 Å². The number of hydrogen-bond acceptors (Lipinski definition) is 3. The minimum absolute atomic E-state index is 0.309. The van der Waals surface area contributed by atoms with E-state index in [0.29, 0.717) is 17.1 Å².